The van der Waals surface area contributed by atoms with E-state index in [-0.39, 0.29) is 30.1 Å². The van der Waals surface area contributed by atoms with Crippen LogP contribution in [0, 0.1) is 0 Å². The molecule has 0 aliphatic carbocycles. The van der Waals surface area contributed by atoms with Crippen LogP contribution in [-0.2, 0) is 0 Å². The first-order valence-corrected chi connectivity index (χ1v) is 8.85. The highest BCUT2D eigenvalue weighted by atomic mass is 79.9. The zero-order valence-electron chi connectivity index (χ0n) is 13.6. The zero-order chi connectivity index (χ0) is 16.9. The Balaban J connectivity index is 0.00000225. The Morgan fingerprint density at radius 3 is 2.36 bits per heavy atom. The number of ketones is 1. The van der Waals surface area contributed by atoms with E-state index in [1.165, 1.54) is 0 Å². The van der Waals surface area contributed by atoms with Gasteiger partial charge in [-0.3, -0.25) is 9.59 Å². The number of carbonyl (C=O) groups excluding carboxylic acids is 2. The third kappa shape index (κ3) is 4.91. The fourth-order valence-electron chi connectivity index (χ4n) is 2.87. The second-order valence-corrected chi connectivity index (χ2v) is 6.81. The van der Waals surface area contributed by atoms with Crippen molar-refractivity contribution in [3.63, 3.8) is 0 Å². The molecule has 6 heteroatoms. The van der Waals surface area contributed by atoms with Crippen molar-refractivity contribution >= 4 is 40.0 Å². The molecule has 0 spiro atoms. The third-order valence-electron chi connectivity index (χ3n) is 4.15. The quantitative estimate of drug-likeness (QED) is 0.739. The van der Waals surface area contributed by atoms with Gasteiger partial charge >= 0.3 is 0 Å². The standard InChI is InChI=1S/C19H19BrN2O2.ClH/c20-14-9-7-13(8-10-14)18(23)16-5-1-2-6-17(16)19(24)22-15-4-3-11-21-12-15;/h1-2,5-10,15,21H,3-4,11-12H2,(H,22,24);1H. The Bertz CT molecular complexity index is 743. The summed E-state index contributed by atoms with van der Waals surface area (Å²) in [6.45, 7) is 1.76. The fourth-order valence-corrected chi connectivity index (χ4v) is 3.14. The highest BCUT2D eigenvalue weighted by Gasteiger charge is 2.21. The second kappa shape index (κ2) is 9.13. The molecule has 1 saturated heterocycles. The maximum absolute atomic E-state index is 12.8. The van der Waals surface area contributed by atoms with Crippen molar-refractivity contribution in [3.05, 3.63) is 69.7 Å². The molecule has 1 aliphatic heterocycles. The highest BCUT2D eigenvalue weighted by molar-refractivity contribution is 9.10. The molecule has 2 aromatic carbocycles. The Morgan fingerprint density at radius 1 is 1.04 bits per heavy atom. The van der Waals surface area contributed by atoms with Crippen LogP contribution in [0.3, 0.4) is 0 Å². The van der Waals surface area contributed by atoms with Gasteiger partial charge in [-0.2, -0.15) is 0 Å². The van der Waals surface area contributed by atoms with Crippen LogP contribution < -0.4 is 10.6 Å². The van der Waals surface area contributed by atoms with Crippen molar-refractivity contribution in [1.82, 2.24) is 10.6 Å². The largest absolute Gasteiger partial charge is 0.348 e. The first kappa shape index (κ1) is 19.6. The summed E-state index contributed by atoms with van der Waals surface area (Å²) in [5.41, 5.74) is 1.43. The van der Waals surface area contributed by atoms with Crippen LogP contribution in [0.4, 0.5) is 0 Å². The molecule has 0 radical (unpaired) electrons. The topological polar surface area (TPSA) is 58.2 Å². The van der Waals surface area contributed by atoms with E-state index in [0.29, 0.717) is 16.7 Å². The lowest BCUT2D eigenvalue weighted by Crippen LogP contribution is -2.45. The fraction of sp³-hybridized carbons (Fsp3) is 0.263. The van der Waals surface area contributed by atoms with Crippen molar-refractivity contribution < 1.29 is 9.59 Å². The molecule has 4 nitrogen and oxygen atoms in total. The molecule has 0 bridgehead atoms. The van der Waals surface area contributed by atoms with Gasteiger partial charge in [0.2, 0.25) is 0 Å². The van der Waals surface area contributed by atoms with Gasteiger partial charge in [0.1, 0.15) is 0 Å². The molecule has 25 heavy (non-hydrogen) atoms. The van der Waals surface area contributed by atoms with E-state index in [2.05, 4.69) is 26.6 Å². The Morgan fingerprint density at radius 2 is 1.72 bits per heavy atom. The van der Waals surface area contributed by atoms with E-state index in [4.69, 9.17) is 0 Å². The number of hydrogen-bond acceptors (Lipinski definition) is 3. The Labute approximate surface area is 161 Å². The Kier molecular flexibility index (Phi) is 7.17. The molecule has 1 unspecified atom stereocenters. The molecule has 3 rings (SSSR count). The number of nitrogens with one attached hydrogen (secondary N) is 2. The normalized spacial score (nSPS) is 16.6. The molecule has 0 aromatic heterocycles. The van der Waals surface area contributed by atoms with Crippen LogP contribution in [0.2, 0.25) is 0 Å². The molecule has 0 saturated carbocycles. The van der Waals surface area contributed by atoms with Gasteiger partial charge in [-0.15, -0.1) is 12.4 Å². The van der Waals surface area contributed by atoms with Crippen LogP contribution in [0.5, 0.6) is 0 Å². The molecule has 2 N–H and O–H groups in total. The van der Waals surface area contributed by atoms with Crippen molar-refractivity contribution in [2.24, 2.45) is 0 Å². The van der Waals surface area contributed by atoms with Crippen LogP contribution in [0.15, 0.2) is 53.0 Å². The van der Waals surface area contributed by atoms with E-state index in [0.717, 1.165) is 30.4 Å². The summed E-state index contributed by atoms with van der Waals surface area (Å²) in [4.78, 5) is 25.4. The smallest absolute Gasteiger partial charge is 0.252 e. The van der Waals surface area contributed by atoms with Crippen LogP contribution in [0.1, 0.15) is 39.1 Å². The van der Waals surface area contributed by atoms with E-state index in [9.17, 15) is 9.59 Å². The lowest BCUT2D eigenvalue weighted by Gasteiger charge is -2.24. The molecule has 1 fully saturated rings. The summed E-state index contributed by atoms with van der Waals surface area (Å²) in [5.74, 6) is -0.334. The van der Waals surface area contributed by atoms with Gasteiger partial charge in [-0.05, 0) is 49.7 Å². The van der Waals surface area contributed by atoms with Crippen molar-refractivity contribution in [1.29, 1.82) is 0 Å². The maximum Gasteiger partial charge on any atom is 0.252 e. The predicted octanol–water partition coefficient (Wildman–Crippen LogP) is 3.58. The lowest BCUT2D eigenvalue weighted by atomic mass is 9.97. The number of benzene rings is 2. The molecule has 1 aliphatic rings. The van der Waals surface area contributed by atoms with Crippen LogP contribution in [0.25, 0.3) is 0 Å². The minimum Gasteiger partial charge on any atom is -0.348 e. The molecular formula is C19H20BrClN2O2. The average Bonchev–Trinajstić information content (AvgIpc) is 2.62. The second-order valence-electron chi connectivity index (χ2n) is 5.90. The van der Waals surface area contributed by atoms with Gasteiger partial charge in [0, 0.05) is 28.2 Å². The molecule has 132 valence electrons. The van der Waals surface area contributed by atoms with Crippen LogP contribution >= 0.6 is 28.3 Å². The predicted molar refractivity (Wildman–Crippen MR) is 105 cm³/mol. The number of amides is 1. The Hall–Kier alpha value is -1.69. The monoisotopic (exact) mass is 422 g/mol. The first-order valence-electron chi connectivity index (χ1n) is 8.06. The molecular weight excluding hydrogens is 404 g/mol. The third-order valence-corrected chi connectivity index (χ3v) is 4.68. The van der Waals surface area contributed by atoms with Gasteiger partial charge in [0.05, 0.1) is 5.56 Å². The number of carbonyl (C=O) groups is 2. The molecule has 1 amide bonds. The number of halogens is 2. The van der Waals surface area contributed by atoms with E-state index in [1.807, 2.05) is 12.1 Å². The van der Waals surface area contributed by atoms with Crippen LogP contribution in [-0.4, -0.2) is 30.8 Å². The van der Waals surface area contributed by atoms with Gasteiger partial charge in [0.25, 0.3) is 5.91 Å². The number of rotatable bonds is 4. The number of hydrogen-bond donors (Lipinski definition) is 2. The minimum atomic E-state index is -0.190. The van der Waals surface area contributed by atoms with Gasteiger partial charge < -0.3 is 10.6 Å². The lowest BCUT2D eigenvalue weighted by molar-refractivity contribution is 0.0921. The molecule has 1 atom stereocenters. The summed E-state index contributed by atoms with van der Waals surface area (Å²) >= 11 is 3.36. The summed E-state index contributed by atoms with van der Waals surface area (Å²) in [5, 5.41) is 6.30. The summed E-state index contributed by atoms with van der Waals surface area (Å²) in [6.07, 6.45) is 2.01. The zero-order valence-corrected chi connectivity index (χ0v) is 16.0. The first-order chi connectivity index (χ1) is 11.6. The summed E-state index contributed by atoms with van der Waals surface area (Å²) in [7, 11) is 0. The molecule has 1 heterocycles. The summed E-state index contributed by atoms with van der Waals surface area (Å²) in [6, 6.07) is 14.3. The minimum absolute atomic E-state index is 0. The van der Waals surface area contributed by atoms with Crippen molar-refractivity contribution in [3.8, 4) is 0 Å². The van der Waals surface area contributed by atoms with Gasteiger partial charge in [-0.25, -0.2) is 0 Å². The van der Waals surface area contributed by atoms with Gasteiger partial charge in [-0.1, -0.05) is 34.1 Å². The highest BCUT2D eigenvalue weighted by Crippen LogP contribution is 2.18. The average molecular weight is 424 g/mol. The SMILES string of the molecule is Cl.O=C(NC1CCCNC1)c1ccccc1C(=O)c1ccc(Br)cc1. The van der Waals surface area contributed by atoms with Crippen molar-refractivity contribution in [2.45, 2.75) is 18.9 Å². The van der Waals surface area contributed by atoms with E-state index < -0.39 is 0 Å². The molecule has 2 aromatic rings. The van der Waals surface area contributed by atoms with Crippen molar-refractivity contribution in [2.75, 3.05) is 13.1 Å². The van der Waals surface area contributed by atoms with Gasteiger partial charge in [0.15, 0.2) is 5.78 Å². The van der Waals surface area contributed by atoms with E-state index >= 15 is 0 Å². The number of piperidine rings is 1. The summed E-state index contributed by atoms with van der Waals surface area (Å²) < 4.78 is 0.912. The maximum atomic E-state index is 12.8. The van der Waals surface area contributed by atoms with E-state index in [1.54, 1.807) is 36.4 Å².